The molecule has 1 saturated carbocycles. The molecule has 0 aliphatic heterocycles. The van der Waals surface area contributed by atoms with Gasteiger partial charge in [0.25, 0.3) is 0 Å². The Morgan fingerprint density at radius 2 is 2.25 bits per heavy atom. The first kappa shape index (κ1) is 15.4. The monoisotopic (exact) mass is 295 g/mol. The maximum absolute atomic E-state index is 12.2. The van der Waals surface area contributed by atoms with Crippen molar-refractivity contribution in [3.8, 4) is 0 Å². The quantitative estimate of drug-likeness (QED) is 0.896. The number of aromatic nitrogens is 1. The van der Waals surface area contributed by atoms with Gasteiger partial charge in [-0.2, -0.15) is 0 Å². The summed E-state index contributed by atoms with van der Waals surface area (Å²) in [5.74, 6) is 0.601. The molecule has 0 aromatic carbocycles. The number of hydrogen-bond donors (Lipinski definition) is 2. The van der Waals surface area contributed by atoms with Crippen molar-refractivity contribution in [2.45, 2.75) is 52.0 Å². The Labute approximate surface area is 125 Å². The Hall–Kier alpha value is -0.940. The topological polar surface area (TPSA) is 68.0 Å². The molecule has 1 fully saturated rings. The smallest absolute Gasteiger partial charge is 0.223 e. The average Bonchev–Trinajstić information content (AvgIpc) is 3.03. The fourth-order valence-electron chi connectivity index (χ4n) is 2.69. The third kappa shape index (κ3) is 3.58. The molecule has 0 spiro atoms. The molecule has 0 unspecified atom stereocenters. The Morgan fingerprint density at radius 3 is 2.85 bits per heavy atom. The minimum atomic E-state index is 0.0643. The molecule has 1 heterocycles. The van der Waals surface area contributed by atoms with Gasteiger partial charge in [-0.15, -0.1) is 11.3 Å². The number of thiazole rings is 1. The molecule has 1 amide bonds. The van der Waals surface area contributed by atoms with Crippen LogP contribution in [0.1, 0.15) is 50.7 Å². The molecule has 2 atom stereocenters. The lowest BCUT2D eigenvalue weighted by molar-refractivity contribution is -0.126. The van der Waals surface area contributed by atoms with Crippen LogP contribution in [0.3, 0.4) is 0 Å². The van der Waals surface area contributed by atoms with Crippen molar-refractivity contribution in [3.05, 3.63) is 16.1 Å². The molecule has 1 aromatic rings. The highest BCUT2D eigenvalue weighted by atomic mass is 32.1. The molecule has 0 bridgehead atoms. The first-order valence-electron chi connectivity index (χ1n) is 7.34. The largest absolute Gasteiger partial charge is 0.349 e. The normalized spacial score (nSPS) is 23.0. The maximum atomic E-state index is 12.2. The summed E-state index contributed by atoms with van der Waals surface area (Å²) in [4.78, 5) is 16.8. The molecule has 4 nitrogen and oxygen atoms in total. The highest BCUT2D eigenvalue weighted by molar-refractivity contribution is 7.09. The van der Waals surface area contributed by atoms with E-state index in [0.29, 0.717) is 19.0 Å². The molecule has 20 heavy (non-hydrogen) atoms. The predicted octanol–water partition coefficient (Wildman–Crippen LogP) is 2.43. The van der Waals surface area contributed by atoms with Crippen molar-refractivity contribution in [2.24, 2.45) is 17.6 Å². The van der Waals surface area contributed by atoms with E-state index in [1.165, 1.54) is 0 Å². The van der Waals surface area contributed by atoms with Crippen LogP contribution in [0.5, 0.6) is 0 Å². The highest BCUT2D eigenvalue weighted by Gasteiger charge is 2.31. The first-order valence-corrected chi connectivity index (χ1v) is 8.22. The summed E-state index contributed by atoms with van der Waals surface area (Å²) in [5, 5.41) is 6.08. The number of amides is 1. The van der Waals surface area contributed by atoms with Gasteiger partial charge in [-0.1, -0.05) is 27.2 Å². The van der Waals surface area contributed by atoms with Crippen molar-refractivity contribution < 1.29 is 4.79 Å². The van der Waals surface area contributed by atoms with Gasteiger partial charge in [-0.25, -0.2) is 4.98 Å². The van der Waals surface area contributed by atoms with Gasteiger partial charge < -0.3 is 11.1 Å². The van der Waals surface area contributed by atoms with E-state index in [1.54, 1.807) is 11.3 Å². The number of carbonyl (C=O) groups excluding carboxylic acids is 1. The highest BCUT2D eigenvalue weighted by Crippen LogP contribution is 2.31. The molecule has 3 N–H and O–H groups in total. The van der Waals surface area contributed by atoms with E-state index >= 15 is 0 Å². The molecule has 5 heteroatoms. The van der Waals surface area contributed by atoms with Gasteiger partial charge in [0.05, 0.1) is 12.2 Å². The molecular weight excluding hydrogens is 270 g/mol. The third-order valence-electron chi connectivity index (χ3n) is 4.03. The molecule has 0 saturated heterocycles. The van der Waals surface area contributed by atoms with E-state index in [0.717, 1.165) is 30.0 Å². The van der Waals surface area contributed by atoms with E-state index in [9.17, 15) is 4.79 Å². The van der Waals surface area contributed by atoms with Crippen LogP contribution in [0.15, 0.2) is 5.38 Å². The van der Waals surface area contributed by atoms with Crippen LogP contribution < -0.4 is 11.1 Å². The van der Waals surface area contributed by atoms with E-state index < -0.39 is 0 Å². The zero-order chi connectivity index (χ0) is 14.8. The standard InChI is InChI=1S/C15H25N3OS/c1-15(2,3)12-9-20-13(18-12)8-17-14(19)11-6-4-5-10(11)7-16/h9-11H,4-8,16H2,1-3H3,(H,17,19)/t10-,11-/m1/s1. The van der Waals surface area contributed by atoms with E-state index in [1.807, 2.05) is 0 Å². The summed E-state index contributed by atoms with van der Waals surface area (Å²) in [5.41, 5.74) is 6.88. The SMILES string of the molecule is CC(C)(C)c1csc(CNC(=O)[C@@H]2CCC[C@@H]2CN)n1. The van der Waals surface area contributed by atoms with Crippen LogP contribution in [-0.2, 0) is 16.8 Å². The van der Waals surface area contributed by atoms with Crippen molar-refractivity contribution in [2.75, 3.05) is 6.54 Å². The number of rotatable bonds is 4. The summed E-state index contributed by atoms with van der Waals surface area (Å²) < 4.78 is 0. The van der Waals surface area contributed by atoms with Gasteiger partial charge in [0, 0.05) is 16.7 Å². The molecule has 2 rings (SSSR count). The zero-order valence-electron chi connectivity index (χ0n) is 12.6. The lowest BCUT2D eigenvalue weighted by Crippen LogP contribution is -2.34. The lowest BCUT2D eigenvalue weighted by atomic mass is 9.93. The summed E-state index contributed by atoms with van der Waals surface area (Å²) >= 11 is 1.62. The lowest BCUT2D eigenvalue weighted by Gasteiger charge is -2.17. The van der Waals surface area contributed by atoms with Gasteiger partial charge >= 0.3 is 0 Å². The molecular formula is C15H25N3OS. The van der Waals surface area contributed by atoms with Crippen molar-refractivity contribution in [3.63, 3.8) is 0 Å². The predicted molar refractivity (Wildman–Crippen MR) is 82.5 cm³/mol. The fraction of sp³-hybridized carbons (Fsp3) is 0.733. The van der Waals surface area contributed by atoms with Crippen LogP contribution in [0.4, 0.5) is 0 Å². The van der Waals surface area contributed by atoms with Gasteiger partial charge in [-0.05, 0) is 25.3 Å². The second kappa shape index (κ2) is 6.22. The van der Waals surface area contributed by atoms with Gasteiger partial charge in [0.15, 0.2) is 0 Å². The molecule has 112 valence electrons. The van der Waals surface area contributed by atoms with Crippen LogP contribution in [0, 0.1) is 11.8 Å². The summed E-state index contributed by atoms with van der Waals surface area (Å²) in [6.07, 6.45) is 3.17. The number of nitrogens with zero attached hydrogens (tertiary/aromatic N) is 1. The Kier molecular flexibility index (Phi) is 4.81. The minimum Gasteiger partial charge on any atom is -0.349 e. The summed E-state index contributed by atoms with van der Waals surface area (Å²) in [6, 6.07) is 0. The van der Waals surface area contributed by atoms with Crippen LogP contribution in [0.25, 0.3) is 0 Å². The van der Waals surface area contributed by atoms with Gasteiger partial charge in [0.1, 0.15) is 5.01 Å². The fourth-order valence-corrected chi connectivity index (χ4v) is 3.65. The second-order valence-corrected chi connectivity index (χ2v) is 7.57. The third-order valence-corrected chi connectivity index (χ3v) is 4.88. The summed E-state index contributed by atoms with van der Waals surface area (Å²) in [6.45, 7) is 7.59. The summed E-state index contributed by atoms with van der Waals surface area (Å²) in [7, 11) is 0. The molecule has 1 aliphatic carbocycles. The Balaban J connectivity index is 1.89. The molecule has 1 aliphatic rings. The van der Waals surface area contributed by atoms with Crippen molar-refractivity contribution >= 4 is 17.2 Å². The van der Waals surface area contributed by atoms with Gasteiger partial charge in [-0.3, -0.25) is 4.79 Å². The Morgan fingerprint density at radius 1 is 1.50 bits per heavy atom. The van der Waals surface area contributed by atoms with Crippen LogP contribution >= 0.6 is 11.3 Å². The van der Waals surface area contributed by atoms with Crippen LogP contribution in [-0.4, -0.2) is 17.4 Å². The second-order valence-electron chi connectivity index (χ2n) is 6.63. The number of nitrogens with two attached hydrogens (primary N) is 1. The molecule has 1 aromatic heterocycles. The van der Waals surface area contributed by atoms with E-state index in [2.05, 4.69) is 36.5 Å². The van der Waals surface area contributed by atoms with Crippen LogP contribution in [0.2, 0.25) is 0 Å². The van der Waals surface area contributed by atoms with E-state index in [-0.39, 0.29) is 17.2 Å². The number of carbonyl (C=O) groups is 1. The van der Waals surface area contributed by atoms with Gasteiger partial charge in [0.2, 0.25) is 5.91 Å². The number of nitrogens with one attached hydrogen (secondary N) is 1. The Bertz CT molecular complexity index is 464. The van der Waals surface area contributed by atoms with E-state index in [4.69, 9.17) is 5.73 Å². The average molecular weight is 295 g/mol. The minimum absolute atomic E-state index is 0.0643. The van der Waals surface area contributed by atoms with Crippen molar-refractivity contribution in [1.82, 2.24) is 10.3 Å². The maximum Gasteiger partial charge on any atom is 0.223 e. The van der Waals surface area contributed by atoms with Crippen molar-refractivity contribution in [1.29, 1.82) is 0 Å². The molecule has 0 radical (unpaired) electrons. The zero-order valence-corrected chi connectivity index (χ0v) is 13.4. The first-order chi connectivity index (χ1) is 9.41. The number of hydrogen-bond acceptors (Lipinski definition) is 4.